The van der Waals surface area contributed by atoms with Gasteiger partial charge in [0.2, 0.25) is 5.91 Å². The molecule has 0 saturated carbocycles. The van der Waals surface area contributed by atoms with Crippen molar-refractivity contribution in [2.45, 2.75) is 45.0 Å². The number of anilines is 1. The van der Waals surface area contributed by atoms with Crippen molar-refractivity contribution in [3.63, 3.8) is 0 Å². The van der Waals surface area contributed by atoms with Crippen molar-refractivity contribution in [2.24, 2.45) is 5.41 Å². The molecule has 0 aromatic carbocycles. The number of carbonyl (C=O) groups is 1. The highest BCUT2D eigenvalue weighted by atomic mass is 19.4. The van der Waals surface area contributed by atoms with Gasteiger partial charge in [0.05, 0.1) is 24.6 Å². The number of fused-ring (bicyclic) bond motifs is 1. The predicted octanol–water partition coefficient (Wildman–Crippen LogP) is 2.84. The highest BCUT2D eigenvalue weighted by molar-refractivity contribution is 5.79. The summed E-state index contributed by atoms with van der Waals surface area (Å²) in [4.78, 5) is 33.0. The first-order chi connectivity index (χ1) is 17.6. The fourth-order valence-corrected chi connectivity index (χ4v) is 4.80. The van der Waals surface area contributed by atoms with Crippen molar-refractivity contribution in [1.82, 2.24) is 34.6 Å². The molecule has 0 unspecified atom stereocenters. The maximum atomic E-state index is 12.8. The molecule has 5 heterocycles. The molecule has 198 valence electrons. The average molecular weight is 526 g/mol. The molecule has 1 spiro atoms. The quantitative estimate of drug-likeness (QED) is 0.434. The first-order valence-corrected chi connectivity index (χ1v) is 11.6. The maximum absolute atomic E-state index is 12.8. The highest BCUT2D eigenvalue weighted by Gasteiger charge is 2.45. The second-order valence-corrected chi connectivity index (χ2v) is 9.30. The van der Waals surface area contributed by atoms with Gasteiger partial charge in [0.15, 0.2) is 12.3 Å². The highest BCUT2D eigenvalue weighted by Crippen LogP contribution is 2.42. The number of halogens is 5. The van der Waals surface area contributed by atoms with E-state index in [0.717, 1.165) is 4.68 Å². The average Bonchev–Trinajstić information content (AvgIpc) is 3.37. The lowest BCUT2D eigenvalue weighted by Gasteiger charge is -2.39. The Morgan fingerprint density at radius 3 is 2.62 bits per heavy atom. The smallest absolute Gasteiger partial charge is 0.422 e. The normalized spacial score (nSPS) is 17.9. The zero-order valence-corrected chi connectivity index (χ0v) is 19.5. The fraction of sp³-hybridized carbons (Fsp3) is 0.545. The minimum atomic E-state index is -4.50. The van der Waals surface area contributed by atoms with E-state index in [-0.39, 0.29) is 17.9 Å². The van der Waals surface area contributed by atoms with Crippen LogP contribution in [-0.4, -0.2) is 79.4 Å². The van der Waals surface area contributed by atoms with Crippen LogP contribution in [0.5, 0.6) is 6.01 Å². The third-order valence-electron chi connectivity index (χ3n) is 6.61. The first kappa shape index (κ1) is 25.0. The van der Waals surface area contributed by atoms with E-state index in [2.05, 4.69) is 29.8 Å². The van der Waals surface area contributed by atoms with Crippen LogP contribution in [0, 0.1) is 5.41 Å². The Bertz CT molecular complexity index is 1280. The zero-order chi connectivity index (χ0) is 26.2. The largest absolute Gasteiger partial charge is 0.454 e. The number of alkyl halides is 5. The summed E-state index contributed by atoms with van der Waals surface area (Å²) >= 11 is 0. The molecule has 0 aliphatic carbocycles. The van der Waals surface area contributed by atoms with Gasteiger partial charge in [0, 0.05) is 37.7 Å². The van der Waals surface area contributed by atoms with E-state index in [1.807, 2.05) is 4.90 Å². The monoisotopic (exact) mass is 526 g/mol. The number of ether oxygens (including phenoxy) is 1. The molecule has 2 aliphatic rings. The van der Waals surface area contributed by atoms with Gasteiger partial charge in [-0.1, -0.05) is 0 Å². The van der Waals surface area contributed by atoms with Crippen LogP contribution in [0.2, 0.25) is 0 Å². The van der Waals surface area contributed by atoms with E-state index in [9.17, 15) is 26.7 Å². The van der Waals surface area contributed by atoms with Crippen LogP contribution in [-0.2, 0) is 17.9 Å². The van der Waals surface area contributed by atoms with E-state index in [1.165, 1.54) is 18.5 Å². The molecule has 0 bridgehead atoms. The number of likely N-dealkylation sites (tertiary alicyclic amines) is 1. The van der Waals surface area contributed by atoms with E-state index in [4.69, 9.17) is 0 Å². The summed E-state index contributed by atoms with van der Waals surface area (Å²) in [7, 11) is 0. The van der Waals surface area contributed by atoms with Crippen LogP contribution < -0.4 is 9.64 Å². The summed E-state index contributed by atoms with van der Waals surface area (Å²) < 4.78 is 68.6. The van der Waals surface area contributed by atoms with Gasteiger partial charge in [-0.3, -0.25) is 4.79 Å². The van der Waals surface area contributed by atoms with Gasteiger partial charge in [-0.15, -0.1) is 0 Å². The molecular weight excluding hydrogens is 503 g/mol. The van der Waals surface area contributed by atoms with Gasteiger partial charge in [-0.05, 0) is 18.9 Å². The molecule has 0 N–H and O–H groups in total. The van der Waals surface area contributed by atoms with Crippen molar-refractivity contribution in [3.8, 4) is 6.01 Å². The standard InChI is InChI=1S/C22H23F5N8O2/c23-16(24)11-35-19-15(8-30-35)29-9-17(32-19)33-5-2-21(3-6-33)7-18(36)34(12-21)10-14-1-4-28-20(31-14)37-13-22(25,26)27/h1,4,8-9,16H,2-3,5-7,10-13H2. The molecular formula is C22H23F5N8O2. The van der Waals surface area contributed by atoms with Crippen molar-refractivity contribution < 1.29 is 31.5 Å². The Balaban J connectivity index is 1.21. The van der Waals surface area contributed by atoms with Crippen molar-refractivity contribution in [3.05, 3.63) is 30.4 Å². The summed E-state index contributed by atoms with van der Waals surface area (Å²) in [6, 6.07) is 1.15. The number of nitrogens with zero attached hydrogens (tertiary/aromatic N) is 8. The third kappa shape index (κ3) is 5.69. The minimum absolute atomic E-state index is 0.0538. The molecule has 3 aromatic heterocycles. The van der Waals surface area contributed by atoms with E-state index in [1.54, 1.807) is 11.1 Å². The van der Waals surface area contributed by atoms with Crippen LogP contribution in [0.3, 0.4) is 0 Å². The molecule has 10 nitrogen and oxygen atoms in total. The van der Waals surface area contributed by atoms with E-state index < -0.39 is 31.8 Å². The SMILES string of the molecule is O=C1CC2(CCN(c3cnc4cnn(CC(F)F)c4n3)CC2)CN1Cc1ccnc(OCC(F)(F)F)n1. The van der Waals surface area contributed by atoms with Gasteiger partial charge < -0.3 is 14.5 Å². The molecule has 2 aliphatic heterocycles. The molecule has 15 heteroatoms. The predicted molar refractivity (Wildman–Crippen MR) is 119 cm³/mol. The Hall–Kier alpha value is -3.65. The third-order valence-corrected chi connectivity index (χ3v) is 6.61. The molecule has 5 rings (SSSR count). The molecule has 1 amide bonds. The number of hydrogen-bond donors (Lipinski definition) is 0. The lowest BCUT2D eigenvalue weighted by Crippen LogP contribution is -2.42. The Kier molecular flexibility index (Phi) is 6.54. The van der Waals surface area contributed by atoms with Crippen LogP contribution in [0.25, 0.3) is 11.2 Å². The Morgan fingerprint density at radius 1 is 1.11 bits per heavy atom. The van der Waals surface area contributed by atoms with Crippen LogP contribution in [0.4, 0.5) is 27.8 Å². The Morgan fingerprint density at radius 2 is 1.89 bits per heavy atom. The molecule has 0 atom stereocenters. The van der Waals surface area contributed by atoms with E-state index >= 15 is 0 Å². The van der Waals surface area contributed by atoms with Gasteiger partial charge in [0.25, 0.3) is 6.43 Å². The molecule has 37 heavy (non-hydrogen) atoms. The van der Waals surface area contributed by atoms with Crippen molar-refractivity contribution in [1.29, 1.82) is 0 Å². The number of piperidine rings is 1. The van der Waals surface area contributed by atoms with Gasteiger partial charge in [-0.25, -0.2) is 28.4 Å². The number of amides is 1. The molecule has 2 fully saturated rings. The Labute approximate surface area is 207 Å². The van der Waals surface area contributed by atoms with Gasteiger partial charge in [0.1, 0.15) is 17.9 Å². The second-order valence-electron chi connectivity index (χ2n) is 9.30. The number of rotatable bonds is 7. The van der Waals surface area contributed by atoms with Gasteiger partial charge in [-0.2, -0.15) is 23.3 Å². The van der Waals surface area contributed by atoms with Crippen LogP contribution in [0.15, 0.2) is 24.7 Å². The lowest BCUT2D eigenvalue weighted by atomic mass is 9.77. The van der Waals surface area contributed by atoms with Gasteiger partial charge >= 0.3 is 12.2 Å². The fourth-order valence-electron chi connectivity index (χ4n) is 4.80. The van der Waals surface area contributed by atoms with Crippen molar-refractivity contribution >= 4 is 22.9 Å². The topological polar surface area (TPSA) is 102 Å². The molecule has 2 saturated heterocycles. The zero-order valence-electron chi connectivity index (χ0n) is 19.5. The number of aromatic nitrogens is 6. The number of hydrogen-bond acceptors (Lipinski definition) is 8. The van der Waals surface area contributed by atoms with E-state index in [0.29, 0.717) is 61.6 Å². The first-order valence-electron chi connectivity index (χ1n) is 11.6. The second kappa shape index (κ2) is 9.67. The summed E-state index contributed by atoms with van der Waals surface area (Å²) in [5.41, 5.74) is 0.875. The minimum Gasteiger partial charge on any atom is -0.454 e. The molecule has 3 aromatic rings. The summed E-state index contributed by atoms with van der Waals surface area (Å²) in [6.45, 7) is -0.213. The summed E-state index contributed by atoms with van der Waals surface area (Å²) in [5.74, 6) is 0.508. The number of carbonyl (C=O) groups excluding carboxylic acids is 1. The van der Waals surface area contributed by atoms with Crippen molar-refractivity contribution in [2.75, 3.05) is 31.1 Å². The lowest BCUT2D eigenvalue weighted by molar-refractivity contribution is -0.154. The maximum Gasteiger partial charge on any atom is 0.422 e. The van der Waals surface area contributed by atoms with Crippen LogP contribution >= 0.6 is 0 Å². The molecule has 0 radical (unpaired) electrons. The van der Waals surface area contributed by atoms with Crippen LogP contribution in [0.1, 0.15) is 25.0 Å². The summed E-state index contributed by atoms with van der Waals surface area (Å²) in [5, 5.41) is 3.94. The summed E-state index contributed by atoms with van der Waals surface area (Å²) in [6.07, 6.45) is -1.01.